The van der Waals surface area contributed by atoms with Gasteiger partial charge < -0.3 is 105 Å². The molecular formula is C24H42O21. The first-order chi connectivity index (χ1) is 21.3. The lowest BCUT2D eigenvalue weighted by Gasteiger charge is -2.49. The fourth-order valence-electron chi connectivity index (χ4n) is 5.54. The van der Waals surface area contributed by atoms with E-state index in [1.54, 1.807) is 0 Å². The summed E-state index contributed by atoms with van der Waals surface area (Å²) in [5.41, 5.74) is 0. The van der Waals surface area contributed by atoms with Gasteiger partial charge in [-0.2, -0.15) is 0 Å². The van der Waals surface area contributed by atoms with Gasteiger partial charge in [0.25, 0.3) is 0 Å². The maximum Gasteiger partial charge on any atom is 0.187 e. The predicted molar refractivity (Wildman–Crippen MR) is 134 cm³/mol. The van der Waals surface area contributed by atoms with Gasteiger partial charge in [-0.05, 0) is 0 Å². The van der Waals surface area contributed by atoms with E-state index < -0.39 is 149 Å². The lowest BCUT2D eigenvalue weighted by atomic mass is 9.95. The van der Waals surface area contributed by atoms with Crippen molar-refractivity contribution in [3.8, 4) is 0 Å². The molecule has 0 spiro atoms. The Labute approximate surface area is 254 Å². The van der Waals surface area contributed by atoms with Crippen LogP contribution in [0.4, 0.5) is 0 Å². The normalized spacial score (nSPS) is 52.9. The van der Waals surface area contributed by atoms with Gasteiger partial charge in [-0.25, -0.2) is 0 Å². The van der Waals surface area contributed by atoms with Gasteiger partial charge in [0.1, 0.15) is 97.7 Å². The van der Waals surface area contributed by atoms with Crippen LogP contribution < -0.4 is 0 Å². The van der Waals surface area contributed by atoms with Crippen molar-refractivity contribution in [2.75, 3.05) is 26.4 Å². The molecule has 0 aromatic carbocycles. The second-order valence-corrected chi connectivity index (χ2v) is 11.1. The van der Waals surface area contributed by atoms with Crippen LogP contribution in [0.25, 0.3) is 0 Å². The maximum absolute atomic E-state index is 11.0. The van der Waals surface area contributed by atoms with E-state index in [9.17, 15) is 71.5 Å². The Hall–Kier alpha value is -0.840. The number of aliphatic hydroxyl groups excluding tert-OH is 14. The van der Waals surface area contributed by atoms with Crippen LogP contribution in [0.1, 0.15) is 0 Å². The quantitative estimate of drug-likeness (QED) is 0.103. The van der Waals surface area contributed by atoms with E-state index in [0.717, 1.165) is 0 Å². The number of ether oxygens (including phenoxy) is 7. The van der Waals surface area contributed by atoms with Gasteiger partial charge in [-0.1, -0.05) is 0 Å². The number of hydrogen-bond acceptors (Lipinski definition) is 21. The zero-order chi connectivity index (χ0) is 33.3. The third-order valence-corrected chi connectivity index (χ3v) is 8.20. The zero-order valence-corrected chi connectivity index (χ0v) is 23.5. The van der Waals surface area contributed by atoms with E-state index in [0.29, 0.717) is 0 Å². The van der Waals surface area contributed by atoms with Gasteiger partial charge in [0.2, 0.25) is 0 Å². The first kappa shape index (κ1) is 37.0. The Bertz CT molecular complexity index is 912. The number of rotatable bonds is 10. The molecule has 0 aromatic rings. The van der Waals surface area contributed by atoms with Crippen molar-refractivity contribution in [3.63, 3.8) is 0 Å². The summed E-state index contributed by atoms with van der Waals surface area (Å²) in [5.74, 6) is 0. The monoisotopic (exact) mass is 666 g/mol. The van der Waals surface area contributed by atoms with Crippen LogP contribution in [0.5, 0.6) is 0 Å². The average molecular weight is 667 g/mol. The summed E-state index contributed by atoms with van der Waals surface area (Å²) in [6.07, 6.45) is -35.6. The third-order valence-electron chi connectivity index (χ3n) is 8.20. The van der Waals surface area contributed by atoms with E-state index in [-0.39, 0.29) is 0 Å². The first-order valence-electron chi connectivity index (χ1n) is 14.1. The average Bonchev–Trinajstić information content (AvgIpc) is 3.03. The minimum absolute atomic E-state index is 0.790. The van der Waals surface area contributed by atoms with E-state index in [1.165, 1.54) is 0 Å². The molecule has 0 unspecified atom stereocenters. The van der Waals surface area contributed by atoms with Crippen molar-refractivity contribution < 1.29 is 105 Å². The van der Waals surface area contributed by atoms with Gasteiger partial charge in [-0.3, -0.25) is 0 Å². The highest BCUT2D eigenvalue weighted by Gasteiger charge is 2.55. The fraction of sp³-hybridized carbons (Fsp3) is 1.00. The van der Waals surface area contributed by atoms with Gasteiger partial charge in [0.05, 0.1) is 26.4 Å². The summed E-state index contributed by atoms with van der Waals surface area (Å²) in [7, 11) is 0. The Morgan fingerprint density at radius 3 is 1.22 bits per heavy atom. The zero-order valence-electron chi connectivity index (χ0n) is 23.5. The molecule has 0 aromatic heterocycles. The highest BCUT2D eigenvalue weighted by Crippen LogP contribution is 2.34. The number of hydrogen-bond donors (Lipinski definition) is 14. The molecule has 0 amide bonds. The largest absolute Gasteiger partial charge is 0.394 e. The summed E-state index contributed by atoms with van der Waals surface area (Å²) in [6.45, 7) is -3.41. The molecule has 0 saturated carbocycles. The fourth-order valence-corrected chi connectivity index (χ4v) is 5.54. The Morgan fingerprint density at radius 1 is 0.333 bits per heavy atom. The van der Waals surface area contributed by atoms with Crippen LogP contribution in [-0.2, 0) is 33.2 Å². The minimum atomic E-state index is -2.05. The highest BCUT2D eigenvalue weighted by atomic mass is 16.8. The Morgan fingerprint density at radius 2 is 0.711 bits per heavy atom. The van der Waals surface area contributed by atoms with E-state index in [1.807, 2.05) is 0 Å². The number of aliphatic hydroxyl groups is 14. The molecular weight excluding hydrogens is 624 g/mol. The standard InChI is InChI=1S/C24H42O21/c25-1-5-9(29)11(31)15(35)22(40-5)43-19-8(4-28)42-23(16(36)13(19)33)45-20-10(30)6(2-26)41-24(17(20)37)44-18-7(3-27)39-21(38)14(34)12(18)32/h5-38H,1-4H2/t5-,6-,7+,8+,9-,10-,11+,12+,13+,14+,15-,16+,17-,18+,19+,20+,21+,22+,23-,24+/m0/s1. The van der Waals surface area contributed by atoms with Crippen molar-refractivity contribution in [3.05, 3.63) is 0 Å². The van der Waals surface area contributed by atoms with Crippen LogP contribution in [0.2, 0.25) is 0 Å². The van der Waals surface area contributed by atoms with Crippen molar-refractivity contribution >= 4 is 0 Å². The second-order valence-electron chi connectivity index (χ2n) is 11.1. The minimum Gasteiger partial charge on any atom is -0.394 e. The molecule has 4 rings (SSSR count). The van der Waals surface area contributed by atoms with Crippen molar-refractivity contribution in [2.24, 2.45) is 0 Å². The first-order valence-corrected chi connectivity index (χ1v) is 14.1. The molecule has 0 radical (unpaired) electrons. The highest BCUT2D eigenvalue weighted by molar-refractivity contribution is 4.97. The predicted octanol–water partition coefficient (Wildman–Crippen LogP) is -9.75. The Balaban J connectivity index is 1.48. The Kier molecular flexibility index (Phi) is 12.8. The van der Waals surface area contributed by atoms with Gasteiger partial charge in [-0.15, -0.1) is 0 Å². The smallest absolute Gasteiger partial charge is 0.187 e. The summed E-state index contributed by atoms with van der Waals surface area (Å²) in [4.78, 5) is 0. The molecule has 45 heavy (non-hydrogen) atoms. The van der Waals surface area contributed by atoms with Crippen LogP contribution in [0.3, 0.4) is 0 Å². The third kappa shape index (κ3) is 7.44. The van der Waals surface area contributed by atoms with E-state index >= 15 is 0 Å². The van der Waals surface area contributed by atoms with Crippen molar-refractivity contribution in [1.82, 2.24) is 0 Å². The van der Waals surface area contributed by atoms with E-state index in [2.05, 4.69) is 0 Å². The van der Waals surface area contributed by atoms with E-state index in [4.69, 9.17) is 33.2 Å². The maximum atomic E-state index is 11.0. The molecule has 21 nitrogen and oxygen atoms in total. The molecule has 4 aliphatic rings. The summed E-state index contributed by atoms with van der Waals surface area (Å²) < 4.78 is 37.7. The lowest BCUT2D eigenvalue weighted by molar-refractivity contribution is -0.388. The SMILES string of the molecule is OC[C@@H]1O[C@H](O[C@H]2[C@H](O)[C@@H](O)[C@H](O[C@H]3[C@H](O)[C@@H](O[C@H]4[C@H](O)[C@@H](O)[C@H](O)O[C@@H]4CO)O[C@@H](CO)[C@@H]3O)O[C@@H]2CO)[C@@H](O)[C@H](O)[C@H]1O. The topological polar surface area (TPSA) is 348 Å². The molecule has 21 heteroatoms. The summed E-state index contributed by atoms with van der Waals surface area (Å²) in [6, 6.07) is 0. The van der Waals surface area contributed by atoms with Gasteiger partial charge in [0.15, 0.2) is 25.2 Å². The second kappa shape index (κ2) is 15.6. The van der Waals surface area contributed by atoms with Crippen LogP contribution in [0, 0.1) is 0 Å². The molecule has 264 valence electrons. The van der Waals surface area contributed by atoms with Gasteiger partial charge in [0, 0.05) is 0 Å². The molecule has 14 N–H and O–H groups in total. The molecule has 20 atom stereocenters. The summed E-state index contributed by atoms with van der Waals surface area (Å²) >= 11 is 0. The molecule has 0 bridgehead atoms. The molecule has 4 aliphatic heterocycles. The van der Waals surface area contributed by atoms with Crippen LogP contribution >= 0.6 is 0 Å². The molecule has 4 saturated heterocycles. The van der Waals surface area contributed by atoms with Crippen LogP contribution in [0.15, 0.2) is 0 Å². The van der Waals surface area contributed by atoms with Gasteiger partial charge >= 0.3 is 0 Å². The molecule has 4 fully saturated rings. The summed E-state index contributed by atoms with van der Waals surface area (Å²) in [5, 5.41) is 143. The molecule has 4 heterocycles. The van der Waals surface area contributed by atoms with Crippen molar-refractivity contribution in [2.45, 2.75) is 123 Å². The van der Waals surface area contributed by atoms with Crippen molar-refractivity contribution in [1.29, 1.82) is 0 Å². The molecule has 0 aliphatic carbocycles. The lowest BCUT2D eigenvalue weighted by Crippen LogP contribution is -2.67. The van der Waals surface area contributed by atoms with Crippen LogP contribution in [-0.4, -0.2) is 221 Å².